The average Bonchev–Trinajstić information content (AvgIpc) is 2.18. The van der Waals surface area contributed by atoms with Crippen LogP contribution in [0.2, 0.25) is 0 Å². The minimum absolute atomic E-state index is 0.126. The first-order chi connectivity index (χ1) is 7.42. The normalized spacial score (nSPS) is 11.6. The Morgan fingerprint density at radius 2 is 2.00 bits per heavy atom. The van der Waals surface area contributed by atoms with Crippen LogP contribution in [-0.2, 0) is 6.54 Å². The van der Waals surface area contributed by atoms with Crippen LogP contribution in [0, 0.1) is 0 Å². The second-order valence-corrected chi connectivity index (χ2v) is 5.64. The molecular weight excluding hydrogens is 266 g/mol. The summed E-state index contributed by atoms with van der Waals surface area (Å²) < 4.78 is 6.60. The van der Waals surface area contributed by atoms with Crippen LogP contribution in [0.25, 0.3) is 0 Å². The Kier molecular flexibility index (Phi) is 4.81. The third kappa shape index (κ3) is 4.54. The molecule has 0 atom stereocenters. The zero-order chi connectivity index (χ0) is 12.2. The Morgan fingerprint density at radius 3 is 2.56 bits per heavy atom. The minimum atomic E-state index is 0.126. The van der Waals surface area contributed by atoms with Gasteiger partial charge in [0, 0.05) is 16.6 Å². The summed E-state index contributed by atoms with van der Waals surface area (Å²) in [5, 5.41) is 3.46. The lowest BCUT2D eigenvalue weighted by Gasteiger charge is -2.21. The Hall–Kier alpha value is -0.540. The van der Waals surface area contributed by atoms with Gasteiger partial charge in [-0.1, -0.05) is 15.9 Å². The van der Waals surface area contributed by atoms with Crippen LogP contribution in [0.3, 0.4) is 0 Å². The molecule has 0 saturated carbocycles. The monoisotopic (exact) mass is 285 g/mol. The van der Waals surface area contributed by atoms with Crippen molar-refractivity contribution in [1.29, 1.82) is 0 Å². The Balaban J connectivity index is 2.74. The highest BCUT2D eigenvalue weighted by atomic mass is 79.9. The van der Waals surface area contributed by atoms with Gasteiger partial charge in [-0.25, -0.2) is 0 Å². The Morgan fingerprint density at radius 1 is 1.31 bits per heavy atom. The van der Waals surface area contributed by atoms with Gasteiger partial charge in [-0.15, -0.1) is 0 Å². The van der Waals surface area contributed by atoms with Crippen LogP contribution < -0.4 is 10.1 Å². The first-order valence-corrected chi connectivity index (χ1v) is 6.38. The van der Waals surface area contributed by atoms with Gasteiger partial charge in [-0.3, -0.25) is 0 Å². The number of hydrogen-bond acceptors (Lipinski definition) is 2. The Bertz CT molecular complexity index is 344. The molecule has 1 aromatic rings. The van der Waals surface area contributed by atoms with Crippen molar-refractivity contribution in [2.24, 2.45) is 0 Å². The lowest BCUT2D eigenvalue weighted by Crippen LogP contribution is -2.35. The van der Waals surface area contributed by atoms with Crippen molar-refractivity contribution in [3.05, 3.63) is 28.2 Å². The van der Waals surface area contributed by atoms with Crippen molar-refractivity contribution in [2.45, 2.75) is 39.8 Å². The predicted octanol–water partition coefficient (Wildman–Crippen LogP) is 3.74. The number of rotatable bonds is 4. The quantitative estimate of drug-likeness (QED) is 0.910. The molecule has 1 N–H and O–H groups in total. The van der Waals surface area contributed by atoms with Crippen LogP contribution in [-0.4, -0.2) is 12.1 Å². The van der Waals surface area contributed by atoms with Crippen LogP contribution in [0.1, 0.15) is 33.3 Å². The van der Waals surface area contributed by atoms with Crippen LogP contribution >= 0.6 is 15.9 Å². The topological polar surface area (TPSA) is 21.3 Å². The molecule has 0 unspecified atom stereocenters. The molecule has 0 spiro atoms. The van der Waals surface area contributed by atoms with E-state index in [1.54, 1.807) is 0 Å². The highest BCUT2D eigenvalue weighted by Crippen LogP contribution is 2.23. The number of nitrogens with one attached hydrogen (secondary N) is 1. The van der Waals surface area contributed by atoms with E-state index in [9.17, 15) is 0 Å². The van der Waals surface area contributed by atoms with Gasteiger partial charge in [0.1, 0.15) is 5.75 Å². The molecule has 1 rings (SSSR count). The van der Waals surface area contributed by atoms with Crippen molar-refractivity contribution < 1.29 is 4.74 Å². The molecule has 0 saturated heterocycles. The van der Waals surface area contributed by atoms with Crippen molar-refractivity contribution in [1.82, 2.24) is 5.32 Å². The summed E-state index contributed by atoms with van der Waals surface area (Å²) in [5.74, 6) is 0.927. The number of halogens is 1. The average molecular weight is 286 g/mol. The summed E-state index contributed by atoms with van der Waals surface area (Å²) in [4.78, 5) is 0. The molecule has 0 fully saturated rings. The zero-order valence-electron chi connectivity index (χ0n) is 10.4. The van der Waals surface area contributed by atoms with E-state index in [1.807, 2.05) is 19.1 Å². The molecule has 0 heterocycles. The smallest absolute Gasteiger partial charge is 0.119 e. The molecular formula is C13H20BrNO. The number of benzene rings is 1. The molecule has 0 radical (unpaired) electrons. The van der Waals surface area contributed by atoms with E-state index in [1.165, 1.54) is 5.56 Å². The maximum atomic E-state index is 5.48. The van der Waals surface area contributed by atoms with Crippen LogP contribution in [0.15, 0.2) is 22.7 Å². The molecule has 0 aliphatic carbocycles. The van der Waals surface area contributed by atoms with Gasteiger partial charge in [-0.2, -0.15) is 0 Å². The fraction of sp³-hybridized carbons (Fsp3) is 0.538. The van der Waals surface area contributed by atoms with E-state index < -0.39 is 0 Å². The van der Waals surface area contributed by atoms with Crippen LogP contribution in [0.5, 0.6) is 5.75 Å². The number of ether oxygens (including phenoxy) is 1. The second kappa shape index (κ2) is 5.69. The summed E-state index contributed by atoms with van der Waals surface area (Å²) in [6.45, 7) is 10.0. The van der Waals surface area contributed by atoms with E-state index in [2.05, 4.69) is 48.1 Å². The summed E-state index contributed by atoms with van der Waals surface area (Å²) in [7, 11) is 0. The maximum Gasteiger partial charge on any atom is 0.119 e. The van der Waals surface area contributed by atoms with Crippen molar-refractivity contribution in [3.8, 4) is 5.75 Å². The van der Waals surface area contributed by atoms with Crippen molar-refractivity contribution in [2.75, 3.05) is 6.61 Å². The van der Waals surface area contributed by atoms with Crippen LogP contribution in [0.4, 0.5) is 0 Å². The summed E-state index contributed by atoms with van der Waals surface area (Å²) in [6.07, 6.45) is 0. The zero-order valence-corrected chi connectivity index (χ0v) is 12.0. The lowest BCUT2D eigenvalue weighted by atomic mass is 10.1. The first kappa shape index (κ1) is 13.5. The minimum Gasteiger partial charge on any atom is -0.494 e. The molecule has 1 aromatic carbocycles. The van der Waals surface area contributed by atoms with Crippen molar-refractivity contribution in [3.63, 3.8) is 0 Å². The van der Waals surface area contributed by atoms with Gasteiger partial charge in [-0.05, 0) is 51.5 Å². The van der Waals surface area contributed by atoms with Gasteiger partial charge < -0.3 is 10.1 Å². The highest BCUT2D eigenvalue weighted by Gasteiger charge is 2.10. The Labute approximate surface area is 107 Å². The second-order valence-electron chi connectivity index (χ2n) is 4.79. The molecule has 0 bridgehead atoms. The van der Waals surface area contributed by atoms with E-state index in [0.717, 1.165) is 16.8 Å². The van der Waals surface area contributed by atoms with E-state index >= 15 is 0 Å². The van der Waals surface area contributed by atoms with Gasteiger partial charge in [0.15, 0.2) is 0 Å². The molecule has 0 aromatic heterocycles. The van der Waals surface area contributed by atoms with E-state index in [0.29, 0.717) is 6.61 Å². The van der Waals surface area contributed by atoms with Gasteiger partial charge in [0.05, 0.1) is 6.61 Å². The summed E-state index contributed by atoms with van der Waals surface area (Å²) >= 11 is 3.55. The molecule has 3 heteroatoms. The lowest BCUT2D eigenvalue weighted by molar-refractivity contribution is 0.339. The van der Waals surface area contributed by atoms with Gasteiger partial charge in [0.2, 0.25) is 0 Å². The molecule has 0 aliphatic rings. The third-order valence-electron chi connectivity index (χ3n) is 2.14. The predicted molar refractivity (Wildman–Crippen MR) is 71.9 cm³/mol. The first-order valence-electron chi connectivity index (χ1n) is 5.58. The maximum absolute atomic E-state index is 5.48. The van der Waals surface area contributed by atoms with Gasteiger partial charge >= 0.3 is 0 Å². The third-order valence-corrected chi connectivity index (χ3v) is 2.91. The molecule has 90 valence electrons. The van der Waals surface area contributed by atoms with E-state index in [4.69, 9.17) is 4.74 Å². The molecule has 2 nitrogen and oxygen atoms in total. The summed E-state index contributed by atoms with van der Waals surface area (Å²) in [5.41, 5.74) is 1.35. The highest BCUT2D eigenvalue weighted by molar-refractivity contribution is 9.10. The standard InChI is InChI=1S/C13H20BrNO/c1-5-16-11-6-7-12(14)10(8-11)9-15-13(2,3)4/h6-8,15H,5,9H2,1-4H3. The van der Waals surface area contributed by atoms with Crippen molar-refractivity contribution >= 4 is 15.9 Å². The molecule has 0 aliphatic heterocycles. The fourth-order valence-electron chi connectivity index (χ4n) is 1.30. The summed E-state index contributed by atoms with van der Waals surface area (Å²) in [6, 6.07) is 6.09. The van der Waals surface area contributed by atoms with E-state index in [-0.39, 0.29) is 5.54 Å². The van der Waals surface area contributed by atoms with Gasteiger partial charge in [0.25, 0.3) is 0 Å². The molecule has 16 heavy (non-hydrogen) atoms. The number of hydrogen-bond donors (Lipinski definition) is 1. The molecule has 0 amide bonds. The fourth-order valence-corrected chi connectivity index (χ4v) is 1.69. The largest absolute Gasteiger partial charge is 0.494 e. The SMILES string of the molecule is CCOc1ccc(Br)c(CNC(C)(C)C)c1.